The lowest BCUT2D eigenvalue weighted by molar-refractivity contribution is 0.0802. The molecule has 7 nitrogen and oxygen atoms in total. The van der Waals surface area contributed by atoms with Gasteiger partial charge < -0.3 is 27.3 Å². The van der Waals surface area contributed by atoms with Crippen molar-refractivity contribution in [1.29, 1.82) is 0 Å². The summed E-state index contributed by atoms with van der Waals surface area (Å²) in [5.41, 5.74) is 0. The molecule has 0 aliphatic carbocycles. The molecule has 0 aliphatic heterocycles. The van der Waals surface area contributed by atoms with E-state index in [1.807, 2.05) is 0 Å². The highest BCUT2D eigenvalue weighted by Gasteiger charge is 2.01. The molecule has 0 fully saturated rings. The van der Waals surface area contributed by atoms with Crippen molar-refractivity contribution in [3.63, 3.8) is 0 Å². The Hall–Kier alpha value is -1.34. The molecular formula is C2H8N2O5. The van der Waals surface area contributed by atoms with Gasteiger partial charge in [-0.15, -0.1) is 0 Å². The fraction of sp³-hybridized carbons (Fsp3) is 0. The monoisotopic (exact) mass is 140 g/mol. The molecule has 0 aliphatic rings. The van der Waals surface area contributed by atoms with Crippen LogP contribution in [0.4, 0.5) is 9.59 Å². The Balaban J connectivity index is -0.000000180. The molecule has 0 amide bonds. The summed E-state index contributed by atoms with van der Waals surface area (Å²) in [4.78, 5) is 18.4. The smallest absolute Gasteiger partial charge is 0.449 e. The average Bonchev–Trinajstić information content (AvgIpc) is 1.27. The first-order valence-corrected chi connectivity index (χ1v) is 1.26. The van der Waals surface area contributed by atoms with Gasteiger partial charge in [-0.05, 0) is 0 Å². The molecule has 0 aromatic heterocycles. The summed E-state index contributed by atoms with van der Waals surface area (Å²) in [6.07, 6.45) is -3.62. The van der Waals surface area contributed by atoms with Crippen molar-refractivity contribution in [1.82, 2.24) is 12.3 Å². The standard InChI is InChI=1S/C2H2O5.2H3N/c3-1(4)7-2(5)6;;/h(H,3,4)(H,5,6);2*1H3. The van der Waals surface area contributed by atoms with Crippen LogP contribution in [0, 0.1) is 0 Å². The molecule has 7 heteroatoms. The Kier molecular flexibility index (Phi) is 11.6. The number of hydrogen-bond acceptors (Lipinski definition) is 5. The van der Waals surface area contributed by atoms with Crippen LogP contribution in [0.3, 0.4) is 0 Å². The van der Waals surface area contributed by atoms with E-state index in [1.54, 1.807) is 0 Å². The minimum atomic E-state index is -1.81. The minimum absolute atomic E-state index is 0. The lowest BCUT2D eigenvalue weighted by Crippen LogP contribution is -2.05. The zero-order chi connectivity index (χ0) is 5.86. The number of rotatable bonds is 0. The van der Waals surface area contributed by atoms with E-state index in [9.17, 15) is 9.59 Å². The molecule has 0 aromatic carbocycles. The van der Waals surface area contributed by atoms with Crippen LogP contribution in [0.1, 0.15) is 0 Å². The van der Waals surface area contributed by atoms with Crippen molar-refractivity contribution in [2.75, 3.05) is 0 Å². The van der Waals surface area contributed by atoms with Crippen LogP contribution in [-0.4, -0.2) is 22.5 Å². The van der Waals surface area contributed by atoms with Crippen LogP contribution in [0.2, 0.25) is 0 Å². The summed E-state index contributed by atoms with van der Waals surface area (Å²) < 4.78 is 3.08. The van der Waals surface area contributed by atoms with Crippen molar-refractivity contribution in [2.45, 2.75) is 0 Å². The van der Waals surface area contributed by atoms with E-state index in [2.05, 4.69) is 4.74 Å². The Morgan fingerprint density at radius 2 is 1.22 bits per heavy atom. The Bertz CT molecular complexity index is 89.1. The van der Waals surface area contributed by atoms with Gasteiger partial charge in [0.05, 0.1) is 0 Å². The van der Waals surface area contributed by atoms with Crippen molar-refractivity contribution in [3.8, 4) is 0 Å². The van der Waals surface area contributed by atoms with Crippen molar-refractivity contribution in [2.24, 2.45) is 0 Å². The normalized spacial score (nSPS) is 5.78. The number of carboxylic acid groups (broad SMARTS) is 2. The second-order valence-electron chi connectivity index (χ2n) is 0.634. The average molecular weight is 140 g/mol. The van der Waals surface area contributed by atoms with E-state index in [0.717, 1.165) is 0 Å². The first kappa shape index (κ1) is 15.6. The summed E-state index contributed by atoms with van der Waals surface area (Å²) in [5, 5.41) is 15.0. The van der Waals surface area contributed by atoms with Gasteiger partial charge in [0.25, 0.3) is 0 Å². The van der Waals surface area contributed by atoms with E-state index in [4.69, 9.17) is 10.2 Å². The number of ether oxygens (including phenoxy) is 1. The Labute approximate surface area is 50.4 Å². The number of hydrogen-bond donors (Lipinski definition) is 4. The Morgan fingerprint density at radius 1 is 1.00 bits per heavy atom. The van der Waals surface area contributed by atoms with Gasteiger partial charge in [-0.1, -0.05) is 0 Å². The van der Waals surface area contributed by atoms with Crippen LogP contribution in [0.25, 0.3) is 0 Å². The third kappa shape index (κ3) is 20.4. The summed E-state index contributed by atoms with van der Waals surface area (Å²) in [5.74, 6) is 0. The van der Waals surface area contributed by atoms with Gasteiger partial charge in [-0.25, -0.2) is 9.59 Å². The second-order valence-corrected chi connectivity index (χ2v) is 0.634. The largest absolute Gasteiger partial charge is 0.516 e. The first-order valence-electron chi connectivity index (χ1n) is 1.26. The Morgan fingerprint density at radius 3 is 1.22 bits per heavy atom. The van der Waals surface area contributed by atoms with E-state index in [-0.39, 0.29) is 12.3 Å². The topological polar surface area (TPSA) is 154 Å². The molecule has 0 spiro atoms. The van der Waals surface area contributed by atoms with Gasteiger partial charge in [0.1, 0.15) is 0 Å². The molecule has 0 unspecified atom stereocenters. The molecule has 9 heavy (non-hydrogen) atoms. The zero-order valence-corrected chi connectivity index (χ0v) is 4.53. The second kappa shape index (κ2) is 6.66. The van der Waals surface area contributed by atoms with Gasteiger partial charge >= 0.3 is 12.3 Å². The molecule has 8 N–H and O–H groups in total. The predicted molar refractivity (Wildman–Crippen MR) is 27.2 cm³/mol. The van der Waals surface area contributed by atoms with Gasteiger partial charge in [-0.2, -0.15) is 0 Å². The summed E-state index contributed by atoms with van der Waals surface area (Å²) in [6, 6.07) is 0. The molecule has 0 rings (SSSR count). The molecule has 0 aromatic rings. The number of carbonyl (C=O) groups is 2. The van der Waals surface area contributed by atoms with Crippen molar-refractivity contribution in [3.05, 3.63) is 0 Å². The molecule has 0 bridgehead atoms. The summed E-state index contributed by atoms with van der Waals surface area (Å²) in [7, 11) is 0. The summed E-state index contributed by atoms with van der Waals surface area (Å²) in [6.45, 7) is 0. The highest BCUT2D eigenvalue weighted by atomic mass is 16.7. The quantitative estimate of drug-likeness (QED) is 0.285. The van der Waals surface area contributed by atoms with Gasteiger partial charge in [0.15, 0.2) is 0 Å². The van der Waals surface area contributed by atoms with Crippen molar-refractivity contribution >= 4 is 12.3 Å². The van der Waals surface area contributed by atoms with Crippen LogP contribution < -0.4 is 12.3 Å². The highest BCUT2D eigenvalue weighted by Crippen LogP contribution is 1.73. The van der Waals surface area contributed by atoms with Crippen LogP contribution in [-0.2, 0) is 4.74 Å². The lowest BCUT2D eigenvalue weighted by Gasteiger charge is -1.84. The van der Waals surface area contributed by atoms with Crippen LogP contribution >= 0.6 is 0 Å². The predicted octanol–water partition coefficient (Wildman–Crippen LogP) is 0.683. The summed E-state index contributed by atoms with van der Waals surface area (Å²) >= 11 is 0. The maximum absolute atomic E-state index is 9.21. The maximum Gasteiger partial charge on any atom is 0.516 e. The highest BCUT2D eigenvalue weighted by molar-refractivity contribution is 5.74. The first-order chi connectivity index (χ1) is 3.13. The third-order valence-corrected chi connectivity index (χ3v) is 0.175. The fourth-order valence-corrected chi connectivity index (χ4v) is 0.0747. The molecule has 56 valence electrons. The zero-order valence-electron chi connectivity index (χ0n) is 4.53. The lowest BCUT2D eigenvalue weighted by atomic mass is 11.3. The molecule has 0 radical (unpaired) electrons. The van der Waals surface area contributed by atoms with E-state index < -0.39 is 12.3 Å². The van der Waals surface area contributed by atoms with Gasteiger partial charge in [0.2, 0.25) is 0 Å². The molecule has 0 atom stereocenters. The molecule has 0 saturated carbocycles. The molecule has 0 heterocycles. The van der Waals surface area contributed by atoms with Crippen LogP contribution in [0.15, 0.2) is 0 Å². The maximum atomic E-state index is 9.21. The fourth-order valence-electron chi connectivity index (χ4n) is 0.0747. The van der Waals surface area contributed by atoms with E-state index in [0.29, 0.717) is 0 Å². The van der Waals surface area contributed by atoms with Crippen molar-refractivity contribution < 1.29 is 24.5 Å². The third-order valence-electron chi connectivity index (χ3n) is 0.175. The molecular weight excluding hydrogens is 132 g/mol. The van der Waals surface area contributed by atoms with Gasteiger partial charge in [-0.3, -0.25) is 0 Å². The molecule has 0 saturated heterocycles. The van der Waals surface area contributed by atoms with E-state index >= 15 is 0 Å². The SMILES string of the molecule is N.N.O=C(O)OC(=O)O. The minimum Gasteiger partial charge on any atom is -0.449 e. The van der Waals surface area contributed by atoms with Crippen LogP contribution in [0.5, 0.6) is 0 Å². The van der Waals surface area contributed by atoms with E-state index in [1.165, 1.54) is 0 Å². The van der Waals surface area contributed by atoms with Gasteiger partial charge in [0, 0.05) is 0 Å².